The van der Waals surface area contributed by atoms with Gasteiger partial charge in [-0.3, -0.25) is 0 Å². The average Bonchev–Trinajstić information content (AvgIpc) is 2.62. The van der Waals surface area contributed by atoms with Crippen molar-refractivity contribution in [2.45, 2.75) is 32.6 Å². The third-order valence-electron chi connectivity index (χ3n) is 5.24. The van der Waals surface area contributed by atoms with Crippen molar-refractivity contribution in [3.63, 3.8) is 0 Å². The number of benzene rings is 3. The summed E-state index contributed by atoms with van der Waals surface area (Å²) in [6.45, 7) is 2.06. The van der Waals surface area contributed by atoms with Crippen LogP contribution in [0, 0.1) is 6.92 Å². The number of rotatable bonds is 2. The first-order chi connectivity index (χ1) is 11.7. The second-order valence-electron chi connectivity index (χ2n) is 6.57. The summed E-state index contributed by atoms with van der Waals surface area (Å²) in [6, 6.07) is 14.6. The largest absolute Gasteiger partial charge is 0.507 e. The lowest BCUT2D eigenvalue weighted by atomic mass is 9.83. The summed E-state index contributed by atoms with van der Waals surface area (Å²) in [5, 5.41) is 13.4. The first kappa shape index (κ1) is 15.1. The molecule has 0 unspecified atom stereocenters. The third-order valence-corrected chi connectivity index (χ3v) is 5.24. The van der Waals surface area contributed by atoms with Crippen LogP contribution in [0.2, 0.25) is 0 Å². The number of methoxy groups -OCH3 is 1. The van der Waals surface area contributed by atoms with E-state index in [2.05, 4.69) is 37.3 Å². The first-order valence-corrected chi connectivity index (χ1v) is 8.61. The van der Waals surface area contributed by atoms with Gasteiger partial charge in [0.2, 0.25) is 0 Å². The minimum Gasteiger partial charge on any atom is -0.507 e. The monoisotopic (exact) mass is 318 g/mol. The molecule has 4 rings (SSSR count). The van der Waals surface area contributed by atoms with Crippen LogP contribution in [0.5, 0.6) is 11.5 Å². The molecule has 0 bridgehead atoms. The predicted molar refractivity (Wildman–Crippen MR) is 99.0 cm³/mol. The third kappa shape index (κ3) is 2.17. The number of fused-ring (bicyclic) bond motifs is 2. The number of phenolic OH excluding ortho intramolecular Hbond substituents is 1. The molecule has 2 nitrogen and oxygen atoms in total. The van der Waals surface area contributed by atoms with E-state index in [0.717, 1.165) is 59.1 Å². The fraction of sp³-hybridized carbons (Fsp3) is 0.273. The minimum absolute atomic E-state index is 0.444. The number of phenols is 1. The van der Waals surface area contributed by atoms with Gasteiger partial charge < -0.3 is 9.84 Å². The van der Waals surface area contributed by atoms with Crippen LogP contribution in [0.15, 0.2) is 42.5 Å². The van der Waals surface area contributed by atoms with E-state index in [1.165, 1.54) is 10.9 Å². The lowest BCUT2D eigenvalue weighted by Crippen LogP contribution is -2.08. The van der Waals surface area contributed by atoms with E-state index >= 15 is 0 Å². The lowest BCUT2D eigenvalue weighted by Gasteiger charge is -2.25. The maximum atomic E-state index is 11.1. The lowest BCUT2D eigenvalue weighted by molar-refractivity contribution is 0.398. The highest BCUT2D eigenvalue weighted by Gasteiger charge is 2.25. The number of hydrogen-bond donors (Lipinski definition) is 1. The van der Waals surface area contributed by atoms with Gasteiger partial charge in [-0.1, -0.05) is 42.5 Å². The van der Waals surface area contributed by atoms with E-state index in [4.69, 9.17) is 4.74 Å². The summed E-state index contributed by atoms with van der Waals surface area (Å²) in [6.07, 6.45) is 4.20. The van der Waals surface area contributed by atoms with Crippen LogP contribution in [-0.4, -0.2) is 12.2 Å². The van der Waals surface area contributed by atoms with Crippen molar-refractivity contribution in [3.8, 4) is 22.6 Å². The summed E-state index contributed by atoms with van der Waals surface area (Å²) < 4.78 is 5.76. The molecule has 122 valence electrons. The molecule has 0 heterocycles. The van der Waals surface area contributed by atoms with Crippen molar-refractivity contribution in [1.29, 1.82) is 0 Å². The van der Waals surface area contributed by atoms with Gasteiger partial charge >= 0.3 is 0 Å². The Kier molecular flexibility index (Phi) is 3.68. The van der Waals surface area contributed by atoms with Crippen molar-refractivity contribution in [2.75, 3.05) is 7.11 Å². The van der Waals surface area contributed by atoms with E-state index in [-0.39, 0.29) is 0 Å². The van der Waals surface area contributed by atoms with Gasteiger partial charge in [0, 0.05) is 22.3 Å². The van der Waals surface area contributed by atoms with Crippen LogP contribution < -0.4 is 4.74 Å². The van der Waals surface area contributed by atoms with Gasteiger partial charge in [-0.05, 0) is 48.9 Å². The maximum absolute atomic E-state index is 11.1. The van der Waals surface area contributed by atoms with E-state index < -0.39 is 0 Å². The molecule has 0 amide bonds. The van der Waals surface area contributed by atoms with Crippen LogP contribution >= 0.6 is 0 Å². The molecule has 2 heteroatoms. The van der Waals surface area contributed by atoms with Crippen molar-refractivity contribution in [1.82, 2.24) is 0 Å². The predicted octanol–water partition coefficient (Wildman–Crippen LogP) is 5.41. The maximum Gasteiger partial charge on any atom is 0.127 e. The highest BCUT2D eigenvalue weighted by Crippen LogP contribution is 2.47. The number of aromatic hydroxyl groups is 1. The Bertz CT molecular complexity index is 896. The fourth-order valence-electron chi connectivity index (χ4n) is 4.13. The van der Waals surface area contributed by atoms with E-state index in [1.807, 2.05) is 12.1 Å². The minimum atomic E-state index is 0.444. The number of hydrogen-bond acceptors (Lipinski definition) is 2. The molecule has 0 atom stereocenters. The van der Waals surface area contributed by atoms with Crippen LogP contribution in [0.25, 0.3) is 21.9 Å². The van der Waals surface area contributed by atoms with Gasteiger partial charge in [0.1, 0.15) is 11.5 Å². The Labute approximate surface area is 142 Å². The molecule has 1 aliphatic rings. The smallest absolute Gasteiger partial charge is 0.127 e. The molecule has 1 N–H and O–H groups in total. The molecule has 0 aliphatic heterocycles. The Morgan fingerprint density at radius 2 is 1.62 bits per heavy atom. The standard InChI is InChI=1S/C22H22O2/c1-14-20(17-13-7-9-15-8-3-4-10-16(15)17)21(23)18-11-5-6-12-19(18)22(14)24-2/h3-4,7-10,13,23H,5-6,11-12H2,1-2H3. The van der Waals surface area contributed by atoms with Crippen molar-refractivity contribution >= 4 is 10.8 Å². The van der Waals surface area contributed by atoms with Crippen molar-refractivity contribution < 1.29 is 9.84 Å². The van der Waals surface area contributed by atoms with Gasteiger partial charge in [0.05, 0.1) is 7.11 Å². The summed E-state index contributed by atoms with van der Waals surface area (Å²) in [5.41, 5.74) is 5.31. The molecular formula is C22H22O2. The van der Waals surface area contributed by atoms with Crippen LogP contribution in [0.1, 0.15) is 29.5 Å². The molecular weight excluding hydrogens is 296 g/mol. The second kappa shape index (κ2) is 5.86. The summed E-state index contributed by atoms with van der Waals surface area (Å²) in [4.78, 5) is 0. The highest BCUT2D eigenvalue weighted by atomic mass is 16.5. The first-order valence-electron chi connectivity index (χ1n) is 8.61. The Morgan fingerprint density at radius 3 is 2.42 bits per heavy atom. The van der Waals surface area contributed by atoms with E-state index in [0.29, 0.717) is 5.75 Å². The van der Waals surface area contributed by atoms with E-state index in [9.17, 15) is 5.11 Å². The summed E-state index contributed by atoms with van der Waals surface area (Å²) in [5.74, 6) is 1.39. The molecule has 0 aromatic heterocycles. The Hall–Kier alpha value is -2.48. The van der Waals surface area contributed by atoms with Crippen LogP contribution in [0.4, 0.5) is 0 Å². The summed E-state index contributed by atoms with van der Waals surface area (Å²) >= 11 is 0. The fourth-order valence-corrected chi connectivity index (χ4v) is 4.13. The van der Waals surface area contributed by atoms with Gasteiger partial charge in [-0.15, -0.1) is 0 Å². The molecule has 0 saturated carbocycles. The Balaban J connectivity index is 2.08. The van der Waals surface area contributed by atoms with Gasteiger partial charge in [0.15, 0.2) is 0 Å². The quantitative estimate of drug-likeness (QED) is 0.684. The Morgan fingerprint density at radius 1 is 0.917 bits per heavy atom. The second-order valence-corrected chi connectivity index (χ2v) is 6.57. The number of ether oxygens (including phenoxy) is 1. The van der Waals surface area contributed by atoms with Crippen LogP contribution in [-0.2, 0) is 12.8 Å². The molecule has 3 aromatic carbocycles. The SMILES string of the molecule is COc1c(C)c(-c2cccc3ccccc23)c(O)c2c1CCCC2. The highest BCUT2D eigenvalue weighted by molar-refractivity contribution is 5.99. The van der Waals surface area contributed by atoms with Crippen LogP contribution in [0.3, 0.4) is 0 Å². The van der Waals surface area contributed by atoms with Crippen molar-refractivity contribution in [3.05, 3.63) is 59.2 Å². The molecule has 0 spiro atoms. The topological polar surface area (TPSA) is 29.5 Å². The van der Waals surface area contributed by atoms with Gasteiger partial charge in [-0.2, -0.15) is 0 Å². The van der Waals surface area contributed by atoms with Gasteiger partial charge in [-0.25, -0.2) is 0 Å². The van der Waals surface area contributed by atoms with E-state index in [1.54, 1.807) is 7.11 Å². The molecule has 24 heavy (non-hydrogen) atoms. The molecule has 0 saturated heterocycles. The zero-order valence-electron chi connectivity index (χ0n) is 14.2. The van der Waals surface area contributed by atoms with Gasteiger partial charge in [0.25, 0.3) is 0 Å². The molecule has 0 radical (unpaired) electrons. The molecule has 3 aromatic rings. The average molecular weight is 318 g/mol. The van der Waals surface area contributed by atoms with Crippen molar-refractivity contribution in [2.24, 2.45) is 0 Å². The normalized spacial score (nSPS) is 13.8. The zero-order chi connectivity index (χ0) is 16.7. The molecule has 1 aliphatic carbocycles. The zero-order valence-corrected chi connectivity index (χ0v) is 14.2. The molecule has 0 fully saturated rings. The summed E-state index contributed by atoms with van der Waals surface area (Å²) in [7, 11) is 1.74.